The number of carbonyl (C=O) groups excluding carboxylic acids is 5. The Kier molecular flexibility index (Phi) is 9.71. The van der Waals surface area contributed by atoms with Gasteiger partial charge in [-0.3, -0.25) is 28.7 Å². The lowest BCUT2D eigenvalue weighted by atomic mass is 9.73. The van der Waals surface area contributed by atoms with E-state index in [4.69, 9.17) is 4.74 Å². The van der Waals surface area contributed by atoms with Crippen LogP contribution in [0.2, 0.25) is 0 Å². The molecule has 4 aliphatic carbocycles. The molecule has 2 spiro atoms. The highest BCUT2D eigenvalue weighted by Crippen LogP contribution is 2.88. The summed E-state index contributed by atoms with van der Waals surface area (Å²) in [4.78, 5) is 71.6. The maximum absolute atomic E-state index is 14.9. The Morgan fingerprint density at radius 2 is 1.52 bits per heavy atom. The van der Waals surface area contributed by atoms with Crippen molar-refractivity contribution in [3.63, 3.8) is 0 Å². The second-order valence-corrected chi connectivity index (χ2v) is 22.0. The summed E-state index contributed by atoms with van der Waals surface area (Å²) >= 11 is 0. The second-order valence-electron chi connectivity index (χ2n) is 20.0. The number of nitrogens with zero attached hydrogens (tertiary/aromatic N) is 1. The molecule has 0 aromatic rings. The van der Waals surface area contributed by atoms with Gasteiger partial charge in [-0.15, -0.1) is 6.58 Å². The van der Waals surface area contributed by atoms with Crippen LogP contribution in [-0.4, -0.2) is 77.9 Å². The Morgan fingerprint density at radius 3 is 1.94 bits per heavy atom. The third-order valence-electron chi connectivity index (χ3n) is 13.2. The van der Waals surface area contributed by atoms with Gasteiger partial charge in [0.2, 0.25) is 27.7 Å². The first-order valence-electron chi connectivity index (χ1n) is 18.9. The van der Waals surface area contributed by atoms with Gasteiger partial charge in [-0.2, -0.15) is 0 Å². The van der Waals surface area contributed by atoms with Gasteiger partial charge in [0.25, 0.3) is 5.91 Å². The largest absolute Gasteiger partial charge is 0.460 e. The number of carbonyl (C=O) groups is 5. The fourth-order valence-corrected chi connectivity index (χ4v) is 10.8. The van der Waals surface area contributed by atoms with Gasteiger partial charge < -0.3 is 20.3 Å². The minimum absolute atomic E-state index is 0.0184. The van der Waals surface area contributed by atoms with Crippen molar-refractivity contribution in [2.75, 3.05) is 6.54 Å². The number of amides is 4. The molecule has 0 aromatic heterocycles. The summed E-state index contributed by atoms with van der Waals surface area (Å²) < 4.78 is 33.2. The summed E-state index contributed by atoms with van der Waals surface area (Å²) in [6, 6.07) is -2.00. The van der Waals surface area contributed by atoms with Gasteiger partial charge in [0.05, 0.1) is 17.6 Å². The van der Waals surface area contributed by atoms with Crippen molar-refractivity contribution in [3.8, 4) is 0 Å². The zero-order valence-corrected chi connectivity index (χ0v) is 34.0. The lowest BCUT2D eigenvalue weighted by molar-refractivity contribution is -0.159. The molecule has 5 rings (SSSR count). The Hall–Kier alpha value is -2.96. The Morgan fingerprint density at radius 1 is 0.923 bits per heavy atom. The highest BCUT2D eigenvalue weighted by atomic mass is 32.2. The molecular formula is C39H62N4O8S. The predicted octanol–water partition coefficient (Wildman–Crippen LogP) is 4.38. The summed E-state index contributed by atoms with van der Waals surface area (Å²) in [5.41, 5.74) is -4.14. The zero-order chi connectivity index (χ0) is 39.3. The topological polar surface area (TPSA) is 168 Å². The summed E-state index contributed by atoms with van der Waals surface area (Å²) in [5.74, 6) is -3.97. The van der Waals surface area contributed by atoms with Crippen molar-refractivity contribution < 1.29 is 37.1 Å². The molecule has 52 heavy (non-hydrogen) atoms. The second kappa shape index (κ2) is 12.5. The van der Waals surface area contributed by atoms with E-state index in [1.54, 1.807) is 31.7 Å². The van der Waals surface area contributed by atoms with Crippen LogP contribution >= 0.6 is 0 Å². The molecule has 5 fully saturated rings. The first-order valence-corrected chi connectivity index (χ1v) is 20.5. The molecule has 1 saturated heterocycles. The number of nitrogens with one attached hydrogen (secondary N) is 3. The lowest BCUT2D eigenvalue weighted by Crippen LogP contribution is -2.61. The molecule has 1 heterocycles. The van der Waals surface area contributed by atoms with Gasteiger partial charge in [-0.25, -0.2) is 8.42 Å². The Bertz CT molecular complexity index is 1640. The molecule has 0 radical (unpaired) electrons. The number of esters is 1. The van der Waals surface area contributed by atoms with Crippen LogP contribution in [0.4, 0.5) is 0 Å². The minimum atomic E-state index is -3.87. The number of hydrogen-bond donors (Lipinski definition) is 3. The van der Waals surface area contributed by atoms with Crippen LogP contribution in [0.5, 0.6) is 0 Å². The monoisotopic (exact) mass is 746 g/mol. The summed E-state index contributed by atoms with van der Waals surface area (Å²) in [5, 5.41) is 5.30. The van der Waals surface area contributed by atoms with E-state index in [1.165, 1.54) is 0 Å². The molecule has 5 aliphatic rings. The maximum Gasteiger partial charge on any atom is 0.307 e. The molecule has 6 atom stereocenters. The molecule has 0 bridgehead atoms. The average Bonchev–Trinajstić information content (AvgIpc) is 3.89. The molecule has 292 valence electrons. The summed E-state index contributed by atoms with van der Waals surface area (Å²) in [7, 11) is -3.87. The van der Waals surface area contributed by atoms with Crippen molar-refractivity contribution in [1.29, 1.82) is 0 Å². The number of hydrogen-bond acceptors (Lipinski definition) is 8. The first kappa shape index (κ1) is 40.2. The van der Waals surface area contributed by atoms with Gasteiger partial charge in [-0.1, -0.05) is 67.9 Å². The van der Waals surface area contributed by atoms with E-state index in [-0.39, 0.29) is 29.1 Å². The predicted molar refractivity (Wildman–Crippen MR) is 197 cm³/mol. The fraction of sp³-hybridized carbons (Fsp3) is 0.821. The molecular weight excluding hydrogens is 685 g/mol. The average molecular weight is 747 g/mol. The standard InChI is InChI=1S/C39H62N4O8S/c1-13-23-20-39(23,32(48)42-52(49,50)24-15-16-24)41-30(46)26-21-38(36(11,12)37(38)17-14-18-37)22-43(26)31(47)28(34(5,6)7)40-29(45)25(33(2,3)4)19-27(44)51-35(8,9)10/h13,23-26,28H,1,14-22H2,2-12H3,(H,40,45)(H,41,46)(H,42,48)/t23-,25-,26+,28-,38-,39-/m1/s1. The van der Waals surface area contributed by atoms with Crippen molar-refractivity contribution >= 4 is 39.6 Å². The van der Waals surface area contributed by atoms with Gasteiger partial charge in [0.15, 0.2) is 0 Å². The third-order valence-corrected chi connectivity index (χ3v) is 15.0. The number of sulfonamides is 1. The van der Waals surface area contributed by atoms with E-state index in [0.29, 0.717) is 25.8 Å². The molecule has 4 saturated carbocycles. The summed E-state index contributed by atoms with van der Waals surface area (Å²) in [6.45, 7) is 25.0. The fourth-order valence-electron chi connectivity index (χ4n) is 9.48. The van der Waals surface area contributed by atoms with Crippen molar-refractivity contribution in [2.24, 2.45) is 38.9 Å². The Balaban J connectivity index is 1.44. The lowest BCUT2D eigenvalue weighted by Gasteiger charge is -2.38. The third kappa shape index (κ3) is 6.81. The van der Waals surface area contributed by atoms with Crippen molar-refractivity contribution in [3.05, 3.63) is 12.7 Å². The molecule has 4 amide bonds. The van der Waals surface area contributed by atoms with Crippen LogP contribution in [0.1, 0.15) is 128 Å². The molecule has 0 aromatic carbocycles. The van der Waals surface area contributed by atoms with Gasteiger partial charge in [0, 0.05) is 17.9 Å². The van der Waals surface area contributed by atoms with Crippen LogP contribution in [0.25, 0.3) is 0 Å². The number of ether oxygens (including phenoxy) is 1. The number of likely N-dealkylation sites (tertiary alicyclic amines) is 1. The van der Waals surface area contributed by atoms with Crippen LogP contribution in [0.15, 0.2) is 12.7 Å². The normalized spacial score (nSPS) is 30.1. The SMILES string of the molecule is C=C[C@@H]1C[C@]1(NC(=O)[C@@H]1C[C@@]2(CN1C(=O)[C@@H](NC(=O)[C@@H](CC(=O)OC(C)(C)C)C(C)(C)C)C(C)(C)C)C(C)(C)C21CCC1)C(=O)NS(=O)(=O)C1CC1. The van der Waals surface area contributed by atoms with E-state index >= 15 is 0 Å². The van der Waals surface area contributed by atoms with Gasteiger partial charge in [-0.05, 0) is 81.0 Å². The molecule has 1 aliphatic heterocycles. The van der Waals surface area contributed by atoms with Crippen LogP contribution in [0, 0.1) is 38.9 Å². The highest BCUT2D eigenvalue weighted by molar-refractivity contribution is 7.91. The van der Waals surface area contributed by atoms with Crippen LogP contribution in [0.3, 0.4) is 0 Å². The Labute approximate surface area is 310 Å². The van der Waals surface area contributed by atoms with Crippen LogP contribution < -0.4 is 15.4 Å². The van der Waals surface area contributed by atoms with E-state index in [1.807, 2.05) is 41.5 Å². The van der Waals surface area contributed by atoms with E-state index in [2.05, 4.69) is 35.8 Å². The molecule has 3 N–H and O–H groups in total. The van der Waals surface area contributed by atoms with Crippen molar-refractivity contribution in [2.45, 2.75) is 156 Å². The van der Waals surface area contributed by atoms with E-state index in [9.17, 15) is 32.4 Å². The highest BCUT2D eigenvalue weighted by Gasteiger charge is 2.85. The summed E-state index contributed by atoms with van der Waals surface area (Å²) in [6.07, 6.45) is 5.99. The zero-order valence-electron chi connectivity index (χ0n) is 33.2. The maximum atomic E-state index is 14.9. The smallest absolute Gasteiger partial charge is 0.307 e. The van der Waals surface area contributed by atoms with E-state index in [0.717, 1.165) is 19.3 Å². The van der Waals surface area contributed by atoms with Crippen LogP contribution in [-0.2, 0) is 38.7 Å². The van der Waals surface area contributed by atoms with E-state index < -0.39 is 90.8 Å². The van der Waals surface area contributed by atoms with Crippen molar-refractivity contribution in [1.82, 2.24) is 20.3 Å². The number of fused-ring (bicyclic) bond motifs is 1. The molecule has 0 unspecified atom stereocenters. The van der Waals surface area contributed by atoms with Gasteiger partial charge >= 0.3 is 5.97 Å². The quantitative estimate of drug-likeness (QED) is 0.207. The molecule has 13 heteroatoms. The number of rotatable bonds is 11. The van der Waals surface area contributed by atoms with Gasteiger partial charge in [0.1, 0.15) is 23.2 Å². The minimum Gasteiger partial charge on any atom is -0.460 e. The first-order chi connectivity index (χ1) is 23.6. The molecule has 12 nitrogen and oxygen atoms in total.